The molecule has 4 heteroatoms. The van der Waals surface area contributed by atoms with E-state index in [1.54, 1.807) is 0 Å². The van der Waals surface area contributed by atoms with E-state index in [2.05, 4.69) is 60.7 Å². The van der Waals surface area contributed by atoms with Crippen molar-refractivity contribution in [2.75, 3.05) is 26.4 Å². The molecule has 3 aromatic rings. The van der Waals surface area contributed by atoms with Gasteiger partial charge in [0.05, 0.1) is 13.2 Å². The van der Waals surface area contributed by atoms with Crippen LogP contribution in [0.3, 0.4) is 0 Å². The van der Waals surface area contributed by atoms with Gasteiger partial charge in [0.1, 0.15) is 25.4 Å². The van der Waals surface area contributed by atoms with Gasteiger partial charge in [0, 0.05) is 11.5 Å². The number of benzene rings is 3. The first-order valence-electron chi connectivity index (χ1n) is 10.2. The topological polar surface area (TPSA) is 43.5 Å². The van der Waals surface area contributed by atoms with Crippen molar-refractivity contribution in [1.82, 2.24) is 0 Å². The summed E-state index contributed by atoms with van der Waals surface area (Å²) in [5.41, 5.74) is 6.24. The van der Waals surface area contributed by atoms with Gasteiger partial charge in [-0.1, -0.05) is 60.7 Å². The molecule has 0 bridgehead atoms. The Kier molecular flexibility index (Phi) is 4.06. The summed E-state index contributed by atoms with van der Waals surface area (Å²) in [4.78, 5) is 0. The summed E-state index contributed by atoms with van der Waals surface area (Å²) >= 11 is 0. The molecule has 2 heterocycles. The zero-order valence-electron chi connectivity index (χ0n) is 16.0. The number of epoxide rings is 2. The van der Waals surface area contributed by atoms with Crippen LogP contribution in [0.1, 0.15) is 22.6 Å². The zero-order valence-corrected chi connectivity index (χ0v) is 16.0. The summed E-state index contributed by atoms with van der Waals surface area (Å²) < 4.78 is 23.2. The molecule has 4 nitrogen and oxygen atoms in total. The first kappa shape index (κ1) is 17.1. The Morgan fingerprint density at radius 3 is 2.17 bits per heavy atom. The standard InChI is InChI=1S/C25H22O4/c1-2-6-16(7-3-1)23-20-9-5-4-8-19(20)21-10-11-22(28-14-17-12-26-17)25(24(21)23)29-15-18-13-27-18/h1-11,17-18,23H,12-15H2. The van der Waals surface area contributed by atoms with Gasteiger partial charge < -0.3 is 18.9 Å². The molecule has 6 rings (SSSR count). The second kappa shape index (κ2) is 6.90. The fraction of sp³-hybridized carbons (Fsp3) is 0.280. The second-order valence-electron chi connectivity index (χ2n) is 7.82. The van der Waals surface area contributed by atoms with Crippen LogP contribution in [0, 0.1) is 0 Å². The van der Waals surface area contributed by atoms with Crippen LogP contribution in [0.4, 0.5) is 0 Å². The third kappa shape index (κ3) is 3.18. The number of fused-ring (bicyclic) bond motifs is 3. The molecule has 1 aliphatic carbocycles. The number of hydrogen-bond donors (Lipinski definition) is 0. The van der Waals surface area contributed by atoms with Crippen molar-refractivity contribution in [3.05, 3.63) is 83.4 Å². The smallest absolute Gasteiger partial charge is 0.166 e. The predicted octanol–water partition coefficient (Wildman–Crippen LogP) is 4.40. The molecule has 3 atom stereocenters. The summed E-state index contributed by atoms with van der Waals surface area (Å²) in [7, 11) is 0. The highest BCUT2D eigenvalue weighted by Gasteiger charge is 2.35. The molecule has 3 unspecified atom stereocenters. The highest BCUT2D eigenvalue weighted by molar-refractivity contribution is 5.84. The lowest BCUT2D eigenvalue weighted by molar-refractivity contribution is 0.227. The minimum Gasteiger partial charge on any atom is -0.487 e. The average molecular weight is 386 g/mol. The third-order valence-electron chi connectivity index (χ3n) is 5.79. The van der Waals surface area contributed by atoms with Gasteiger partial charge in [-0.2, -0.15) is 0 Å². The van der Waals surface area contributed by atoms with E-state index in [-0.39, 0.29) is 18.1 Å². The summed E-state index contributed by atoms with van der Waals surface area (Å²) in [6.07, 6.45) is 0.384. The Labute approximate surface area is 170 Å². The molecule has 29 heavy (non-hydrogen) atoms. The van der Waals surface area contributed by atoms with Crippen LogP contribution in [-0.4, -0.2) is 38.6 Å². The first-order valence-corrected chi connectivity index (χ1v) is 10.2. The maximum absolute atomic E-state index is 6.35. The van der Waals surface area contributed by atoms with Crippen LogP contribution >= 0.6 is 0 Å². The number of ether oxygens (including phenoxy) is 4. The van der Waals surface area contributed by atoms with Crippen molar-refractivity contribution in [2.24, 2.45) is 0 Å². The molecule has 2 fully saturated rings. The Bertz CT molecular complexity index is 1040. The van der Waals surface area contributed by atoms with Gasteiger partial charge >= 0.3 is 0 Å². The predicted molar refractivity (Wildman–Crippen MR) is 110 cm³/mol. The molecule has 0 amide bonds. The van der Waals surface area contributed by atoms with E-state index in [9.17, 15) is 0 Å². The van der Waals surface area contributed by atoms with Gasteiger partial charge in [0.25, 0.3) is 0 Å². The van der Waals surface area contributed by atoms with Gasteiger partial charge in [-0.05, 0) is 28.3 Å². The summed E-state index contributed by atoms with van der Waals surface area (Å²) in [6.45, 7) is 2.64. The minimum absolute atomic E-state index is 0.123. The van der Waals surface area contributed by atoms with Crippen LogP contribution in [-0.2, 0) is 9.47 Å². The molecule has 146 valence electrons. The largest absolute Gasteiger partial charge is 0.487 e. The summed E-state index contributed by atoms with van der Waals surface area (Å²) in [5.74, 6) is 1.75. The zero-order chi connectivity index (χ0) is 19.2. The van der Waals surface area contributed by atoms with E-state index in [1.165, 1.54) is 27.8 Å². The normalized spacial score (nSPS) is 23.2. The summed E-state index contributed by atoms with van der Waals surface area (Å²) in [5, 5.41) is 0. The molecular formula is C25H22O4. The number of hydrogen-bond acceptors (Lipinski definition) is 4. The summed E-state index contributed by atoms with van der Waals surface area (Å²) in [6, 6.07) is 23.5. The Balaban J connectivity index is 1.49. The Morgan fingerprint density at radius 1 is 0.724 bits per heavy atom. The van der Waals surface area contributed by atoms with Crippen molar-refractivity contribution < 1.29 is 18.9 Å². The highest BCUT2D eigenvalue weighted by atomic mass is 16.6. The fourth-order valence-electron chi connectivity index (χ4n) is 4.19. The molecule has 3 aliphatic rings. The van der Waals surface area contributed by atoms with Crippen molar-refractivity contribution in [2.45, 2.75) is 18.1 Å². The quantitative estimate of drug-likeness (QED) is 0.442. The molecule has 0 aromatic heterocycles. The van der Waals surface area contributed by atoms with Gasteiger partial charge in [0.2, 0.25) is 0 Å². The van der Waals surface area contributed by atoms with Crippen LogP contribution in [0.5, 0.6) is 11.5 Å². The third-order valence-corrected chi connectivity index (χ3v) is 5.79. The molecule has 0 N–H and O–H groups in total. The molecule has 0 radical (unpaired) electrons. The van der Waals surface area contributed by atoms with Crippen molar-refractivity contribution in [3.8, 4) is 22.6 Å². The monoisotopic (exact) mass is 386 g/mol. The second-order valence-corrected chi connectivity index (χ2v) is 7.82. The molecule has 2 saturated heterocycles. The van der Waals surface area contributed by atoms with Crippen molar-refractivity contribution in [1.29, 1.82) is 0 Å². The fourth-order valence-corrected chi connectivity index (χ4v) is 4.19. The van der Waals surface area contributed by atoms with E-state index < -0.39 is 0 Å². The molecule has 3 aromatic carbocycles. The van der Waals surface area contributed by atoms with Gasteiger partial charge in [0.15, 0.2) is 11.5 Å². The average Bonchev–Trinajstić information content (AvgIpc) is 3.69. The molecular weight excluding hydrogens is 364 g/mol. The van der Waals surface area contributed by atoms with Crippen molar-refractivity contribution in [3.63, 3.8) is 0 Å². The SMILES string of the molecule is c1ccc(C2c3ccccc3-c3ccc(OCC4CO4)c(OCC4CO4)c32)cc1. The molecule has 2 aliphatic heterocycles. The van der Waals surface area contributed by atoms with Gasteiger partial charge in [-0.25, -0.2) is 0 Å². The van der Waals surface area contributed by atoms with Crippen LogP contribution in [0.25, 0.3) is 11.1 Å². The molecule has 0 saturated carbocycles. The van der Waals surface area contributed by atoms with Crippen LogP contribution < -0.4 is 9.47 Å². The Hall–Kier alpha value is -2.82. The van der Waals surface area contributed by atoms with Crippen LogP contribution in [0.15, 0.2) is 66.7 Å². The van der Waals surface area contributed by atoms with E-state index >= 15 is 0 Å². The lowest BCUT2D eigenvalue weighted by atomic mass is 9.89. The van der Waals surface area contributed by atoms with E-state index in [1.807, 2.05) is 6.07 Å². The van der Waals surface area contributed by atoms with Gasteiger partial charge in [-0.3, -0.25) is 0 Å². The van der Waals surface area contributed by atoms with E-state index in [0.29, 0.717) is 13.2 Å². The van der Waals surface area contributed by atoms with Crippen molar-refractivity contribution >= 4 is 0 Å². The maximum Gasteiger partial charge on any atom is 0.166 e. The van der Waals surface area contributed by atoms with E-state index in [0.717, 1.165) is 24.7 Å². The highest BCUT2D eigenvalue weighted by Crippen LogP contribution is 2.54. The lowest BCUT2D eigenvalue weighted by Gasteiger charge is -2.20. The van der Waals surface area contributed by atoms with Crippen LogP contribution in [0.2, 0.25) is 0 Å². The first-order chi connectivity index (χ1) is 14.4. The molecule has 0 spiro atoms. The maximum atomic E-state index is 6.35. The van der Waals surface area contributed by atoms with Gasteiger partial charge in [-0.15, -0.1) is 0 Å². The van der Waals surface area contributed by atoms with E-state index in [4.69, 9.17) is 18.9 Å². The lowest BCUT2D eigenvalue weighted by Crippen LogP contribution is -2.11. The Morgan fingerprint density at radius 2 is 1.41 bits per heavy atom. The number of rotatable bonds is 7. The minimum atomic E-state index is 0.123.